The average molecular weight is 457 g/mol. The first kappa shape index (κ1) is 20.9. The zero-order valence-corrected chi connectivity index (χ0v) is 18.4. The average Bonchev–Trinajstić information content (AvgIpc) is 3.43. The van der Waals surface area contributed by atoms with E-state index in [9.17, 15) is 13.2 Å². The van der Waals surface area contributed by atoms with Crippen LogP contribution >= 0.6 is 0 Å². The summed E-state index contributed by atoms with van der Waals surface area (Å²) in [4.78, 5) is 35.8. The van der Waals surface area contributed by atoms with Crippen molar-refractivity contribution >= 4 is 32.8 Å². The van der Waals surface area contributed by atoms with Gasteiger partial charge in [-0.05, 0) is 43.2 Å². The molecule has 168 valence electrons. The van der Waals surface area contributed by atoms with Gasteiger partial charge in [0.2, 0.25) is 0 Å². The van der Waals surface area contributed by atoms with E-state index in [4.69, 9.17) is 0 Å². The lowest BCUT2D eigenvalue weighted by Crippen LogP contribution is -2.36. The van der Waals surface area contributed by atoms with Crippen LogP contribution in [-0.4, -0.2) is 67.5 Å². The van der Waals surface area contributed by atoms with Crippen molar-refractivity contribution in [3.05, 3.63) is 48.4 Å². The van der Waals surface area contributed by atoms with Crippen LogP contribution in [0.15, 0.2) is 47.8 Å². The van der Waals surface area contributed by atoms with Crippen LogP contribution in [0.5, 0.6) is 0 Å². The van der Waals surface area contributed by atoms with Crippen molar-refractivity contribution in [1.82, 2.24) is 24.7 Å². The molecule has 1 saturated heterocycles. The van der Waals surface area contributed by atoms with Crippen molar-refractivity contribution in [3.63, 3.8) is 0 Å². The van der Waals surface area contributed by atoms with E-state index in [1.54, 1.807) is 18.5 Å². The fourth-order valence-electron chi connectivity index (χ4n) is 4.33. The van der Waals surface area contributed by atoms with Gasteiger partial charge in [0.25, 0.3) is 15.9 Å². The number of aromatic nitrogens is 3. The van der Waals surface area contributed by atoms with Gasteiger partial charge in [0, 0.05) is 43.4 Å². The molecule has 11 heteroatoms. The normalized spacial score (nSPS) is 18.2. The Kier molecular flexibility index (Phi) is 5.11. The van der Waals surface area contributed by atoms with Gasteiger partial charge in [-0.3, -0.25) is 9.63 Å². The highest BCUT2D eigenvalue weighted by molar-refractivity contribution is 7.89. The van der Waals surface area contributed by atoms with Gasteiger partial charge >= 0.3 is 0 Å². The standard InChI is InChI=1S/C21H24N6O4S/c1-31-25-32(29,30)16-4-2-15(3-5-16)20(28)27-11-10-26(12-21(13-27)7-8-21)19-17-6-9-22-18(17)23-14-24-19/h2-6,9,14,25H,7-8,10-13H2,1H3,(H,22,23,24). The van der Waals surface area contributed by atoms with Crippen LogP contribution in [0, 0.1) is 5.41 Å². The van der Waals surface area contributed by atoms with Gasteiger partial charge in [0.05, 0.1) is 17.4 Å². The summed E-state index contributed by atoms with van der Waals surface area (Å²) >= 11 is 0. The molecule has 1 aromatic carbocycles. The molecule has 2 aromatic heterocycles. The lowest BCUT2D eigenvalue weighted by molar-refractivity contribution is 0.0740. The predicted molar refractivity (Wildman–Crippen MR) is 117 cm³/mol. The molecule has 3 aromatic rings. The summed E-state index contributed by atoms with van der Waals surface area (Å²) in [6, 6.07) is 7.89. The molecule has 2 N–H and O–H groups in total. The minimum Gasteiger partial charge on any atom is -0.354 e. The molecule has 1 aliphatic heterocycles. The largest absolute Gasteiger partial charge is 0.354 e. The van der Waals surface area contributed by atoms with Crippen LogP contribution < -0.4 is 9.79 Å². The van der Waals surface area contributed by atoms with Crippen LogP contribution in [0.1, 0.15) is 23.2 Å². The number of aromatic amines is 1. The van der Waals surface area contributed by atoms with Crippen LogP contribution in [0.2, 0.25) is 0 Å². The Morgan fingerprint density at radius 2 is 1.91 bits per heavy atom. The summed E-state index contributed by atoms with van der Waals surface area (Å²) in [6.45, 7) is 2.74. The third kappa shape index (κ3) is 3.83. The summed E-state index contributed by atoms with van der Waals surface area (Å²) in [5, 5.41) is 0.976. The molecule has 0 bridgehead atoms. The van der Waals surface area contributed by atoms with Crippen LogP contribution in [-0.2, 0) is 14.9 Å². The fraction of sp³-hybridized carbons (Fsp3) is 0.381. The molecular formula is C21H24N6O4S. The van der Waals surface area contributed by atoms with E-state index >= 15 is 0 Å². The SMILES string of the molecule is CONS(=O)(=O)c1ccc(C(=O)N2CCN(c3ncnc4[nH]ccc34)CC3(CC3)C2)cc1. The van der Waals surface area contributed by atoms with E-state index in [0.29, 0.717) is 25.2 Å². The van der Waals surface area contributed by atoms with Gasteiger partial charge in [-0.2, -0.15) is 0 Å². The number of carbonyl (C=O) groups excluding carboxylic acids is 1. The van der Waals surface area contributed by atoms with Crippen LogP contribution in [0.4, 0.5) is 5.82 Å². The van der Waals surface area contributed by atoms with Crippen LogP contribution in [0.3, 0.4) is 0 Å². The van der Waals surface area contributed by atoms with Crippen molar-refractivity contribution in [3.8, 4) is 0 Å². The minimum atomic E-state index is -3.76. The van der Waals surface area contributed by atoms with Crippen molar-refractivity contribution < 1.29 is 18.0 Å². The molecule has 2 fully saturated rings. The molecule has 1 spiro atoms. The van der Waals surface area contributed by atoms with E-state index in [1.165, 1.54) is 19.2 Å². The Balaban J connectivity index is 1.36. The molecule has 0 atom stereocenters. The Labute approximate surface area is 185 Å². The van der Waals surface area contributed by atoms with E-state index < -0.39 is 10.0 Å². The topological polar surface area (TPSA) is 121 Å². The molecule has 0 radical (unpaired) electrons. The second-order valence-corrected chi connectivity index (χ2v) is 10.0. The zero-order chi connectivity index (χ0) is 22.3. The van der Waals surface area contributed by atoms with Crippen molar-refractivity contribution in [2.45, 2.75) is 17.7 Å². The molecule has 0 unspecified atom stereocenters. The van der Waals surface area contributed by atoms with Crippen molar-refractivity contribution in [2.75, 3.05) is 38.2 Å². The number of H-pyrrole nitrogens is 1. The number of nitrogens with zero attached hydrogens (tertiary/aromatic N) is 4. The minimum absolute atomic E-state index is 0.0379. The van der Waals surface area contributed by atoms with E-state index in [1.807, 2.05) is 22.0 Å². The van der Waals surface area contributed by atoms with E-state index in [0.717, 1.165) is 36.2 Å². The number of hydrogen-bond donors (Lipinski definition) is 2. The Morgan fingerprint density at radius 1 is 1.12 bits per heavy atom. The summed E-state index contributed by atoms with van der Waals surface area (Å²) in [7, 11) is -2.53. The highest BCUT2D eigenvalue weighted by atomic mass is 32.2. The Bertz CT molecular complexity index is 1250. The Hall–Kier alpha value is -3.02. The van der Waals surface area contributed by atoms with Gasteiger partial charge in [0.1, 0.15) is 17.8 Å². The number of fused-ring (bicyclic) bond motifs is 1. The molecule has 5 rings (SSSR count). The first-order valence-electron chi connectivity index (χ1n) is 10.4. The molecule has 2 aliphatic rings. The molecule has 1 amide bonds. The number of sulfonamides is 1. The number of rotatable bonds is 5. The maximum atomic E-state index is 13.3. The van der Waals surface area contributed by atoms with Gasteiger partial charge in [0.15, 0.2) is 0 Å². The zero-order valence-electron chi connectivity index (χ0n) is 17.6. The van der Waals surface area contributed by atoms with E-state index in [-0.39, 0.29) is 16.2 Å². The highest BCUT2D eigenvalue weighted by Crippen LogP contribution is 2.48. The number of anilines is 1. The van der Waals surface area contributed by atoms with Gasteiger partial charge in [-0.15, -0.1) is 0 Å². The number of amides is 1. The predicted octanol–water partition coefficient (Wildman–Crippen LogP) is 1.54. The summed E-state index contributed by atoms with van der Waals surface area (Å²) in [5.74, 6) is 0.785. The summed E-state index contributed by atoms with van der Waals surface area (Å²) in [5.41, 5.74) is 1.32. The quantitative estimate of drug-likeness (QED) is 0.559. The molecule has 3 heterocycles. The lowest BCUT2D eigenvalue weighted by Gasteiger charge is -2.25. The molecule has 32 heavy (non-hydrogen) atoms. The van der Waals surface area contributed by atoms with Gasteiger partial charge in [-0.1, -0.05) is 4.89 Å². The van der Waals surface area contributed by atoms with Gasteiger partial charge < -0.3 is 14.8 Å². The van der Waals surface area contributed by atoms with Crippen molar-refractivity contribution in [1.29, 1.82) is 0 Å². The number of benzene rings is 1. The maximum absolute atomic E-state index is 13.3. The summed E-state index contributed by atoms with van der Waals surface area (Å²) in [6.07, 6.45) is 5.55. The first-order chi connectivity index (χ1) is 15.4. The monoisotopic (exact) mass is 456 g/mol. The second-order valence-electron chi connectivity index (χ2n) is 8.40. The third-order valence-electron chi connectivity index (χ3n) is 6.17. The first-order valence-corrected chi connectivity index (χ1v) is 11.9. The van der Waals surface area contributed by atoms with Crippen molar-refractivity contribution in [2.24, 2.45) is 5.41 Å². The second kappa shape index (κ2) is 7.84. The maximum Gasteiger partial charge on any atom is 0.262 e. The molecular weight excluding hydrogens is 432 g/mol. The highest BCUT2D eigenvalue weighted by Gasteiger charge is 2.48. The molecule has 1 aliphatic carbocycles. The Morgan fingerprint density at radius 3 is 2.62 bits per heavy atom. The number of hydrogen-bond acceptors (Lipinski definition) is 7. The molecule has 1 saturated carbocycles. The fourth-order valence-corrected chi connectivity index (χ4v) is 5.14. The molecule has 10 nitrogen and oxygen atoms in total. The van der Waals surface area contributed by atoms with Crippen LogP contribution in [0.25, 0.3) is 11.0 Å². The van der Waals surface area contributed by atoms with Gasteiger partial charge in [-0.25, -0.2) is 18.4 Å². The lowest BCUT2D eigenvalue weighted by atomic mass is 10.1. The number of nitrogens with one attached hydrogen (secondary N) is 2. The van der Waals surface area contributed by atoms with E-state index in [2.05, 4.69) is 24.7 Å². The smallest absolute Gasteiger partial charge is 0.262 e. The number of carbonyl (C=O) groups is 1. The summed E-state index contributed by atoms with van der Waals surface area (Å²) < 4.78 is 24.1. The third-order valence-corrected chi connectivity index (χ3v) is 7.45.